The molecule has 0 unspecified atom stereocenters. The summed E-state index contributed by atoms with van der Waals surface area (Å²) in [5.41, 5.74) is 0.847. The number of imidazole rings is 1. The van der Waals surface area contributed by atoms with Crippen LogP contribution in [0.2, 0.25) is 0 Å². The van der Waals surface area contributed by atoms with E-state index in [1.54, 1.807) is 4.90 Å². The van der Waals surface area contributed by atoms with Crippen molar-refractivity contribution in [1.29, 1.82) is 0 Å². The monoisotopic (exact) mass is 421 g/mol. The Morgan fingerprint density at radius 3 is 2.66 bits per heavy atom. The van der Waals surface area contributed by atoms with Crippen molar-refractivity contribution in [3.8, 4) is 0 Å². The number of amides is 2. The van der Waals surface area contributed by atoms with Gasteiger partial charge in [0, 0.05) is 26.2 Å². The number of sulfonamides is 1. The van der Waals surface area contributed by atoms with Crippen molar-refractivity contribution in [2.75, 3.05) is 32.7 Å². The first kappa shape index (κ1) is 20.8. The third kappa shape index (κ3) is 5.55. The topological polar surface area (TPSA) is 125 Å². The number of aromatic nitrogens is 2. The SMILES string of the molecule is O=C(NCC(=O)N1CCCN(S(=O)(=O)c2cnc[nH]2)CC1)OCc1ccccc1. The number of nitrogens with one attached hydrogen (secondary N) is 2. The van der Waals surface area contributed by atoms with Gasteiger partial charge in [-0.3, -0.25) is 4.79 Å². The normalized spacial score (nSPS) is 15.5. The molecule has 10 nitrogen and oxygen atoms in total. The maximum Gasteiger partial charge on any atom is 0.407 e. The Bertz CT molecular complexity index is 917. The molecule has 2 amide bonds. The van der Waals surface area contributed by atoms with E-state index < -0.39 is 16.1 Å². The van der Waals surface area contributed by atoms with E-state index in [4.69, 9.17) is 4.74 Å². The molecule has 156 valence electrons. The standard InChI is InChI=1S/C18H23N5O5S/c24-17(12-20-18(25)28-13-15-5-2-1-3-6-15)22-7-4-8-23(10-9-22)29(26,27)16-11-19-14-21-16/h1-3,5-6,11,14H,4,7-10,12-13H2,(H,19,21)(H,20,25). The van der Waals surface area contributed by atoms with Crippen LogP contribution in [-0.2, 0) is 26.2 Å². The van der Waals surface area contributed by atoms with Gasteiger partial charge in [-0.15, -0.1) is 0 Å². The number of hydrogen-bond acceptors (Lipinski definition) is 6. The minimum atomic E-state index is -3.66. The molecular formula is C18H23N5O5S. The Labute approximate surface area is 168 Å². The van der Waals surface area contributed by atoms with Gasteiger partial charge in [0.05, 0.1) is 12.5 Å². The van der Waals surface area contributed by atoms with Gasteiger partial charge in [0.2, 0.25) is 5.91 Å². The molecule has 2 heterocycles. The number of carbonyl (C=O) groups excluding carboxylic acids is 2. The highest BCUT2D eigenvalue weighted by Gasteiger charge is 2.29. The van der Waals surface area contributed by atoms with Crippen LogP contribution in [0.5, 0.6) is 0 Å². The van der Waals surface area contributed by atoms with Crippen LogP contribution in [0.4, 0.5) is 4.79 Å². The highest BCUT2D eigenvalue weighted by molar-refractivity contribution is 7.89. The molecular weight excluding hydrogens is 398 g/mol. The third-order valence-corrected chi connectivity index (χ3v) is 6.32. The van der Waals surface area contributed by atoms with Gasteiger partial charge in [-0.1, -0.05) is 30.3 Å². The summed E-state index contributed by atoms with van der Waals surface area (Å²) < 4.78 is 31.5. The van der Waals surface area contributed by atoms with Crippen molar-refractivity contribution in [2.45, 2.75) is 18.1 Å². The minimum absolute atomic E-state index is 0.0279. The van der Waals surface area contributed by atoms with Crippen LogP contribution >= 0.6 is 0 Å². The van der Waals surface area contributed by atoms with Crippen molar-refractivity contribution in [3.63, 3.8) is 0 Å². The van der Waals surface area contributed by atoms with Gasteiger partial charge in [-0.05, 0) is 12.0 Å². The summed E-state index contributed by atoms with van der Waals surface area (Å²) in [5, 5.41) is 2.46. The number of ether oxygens (including phenoxy) is 1. The number of hydrogen-bond donors (Lipinski definition) is 2. The quantitative estimate of drug-likeness (QED) is 0.702. The molecule has 1 aliphatic heterocycles. The lowest BCUT2D eigenvalue weighted by Crippen LogP contribution is -2.42. The van der Waals surface area contributed by atoms with Gasteiger partial charge in [-0.25, -0.2) is 18.2 Å². The molecule has 0 bridgehead atoms. The van der Waals surface area contributed by atoms with Crippen LogP contribution in [0, 0.1) is 0 Å². The molecule has 0 spiro atoms. The fraction of sp³-hybridized carbons (Fsp3) is 0.389. The zero-order valence-electron chi connectivity index (χ0n) is 15.8. The lowest BCUT2D eigenvalue weighted by Gasteiger charge is -2.21. The van der Waals surface area contributed by atoms with E-state index in [1.807, 2.05) is 30.3 Å². The van der Waals surface area contributed by atoms with E-state index >= 15 is 0 Å². The molecule has 0 aliphatic carbocycles. The Balaban J connectivity index is 1.45. The van der Waals surface area contributed by atoms with Crippen molar-refractivity contribution in [2.24, 2.45) is 0 Å². The number of aromatic amines is 1. The second-order valence-corrected chi connectivity index (χ2v) is 8.38. The first-order valence-electron chi connectivity index (χ1n) is 9.17. The molecule has 1 aromatic carbocycles. The molecule has 1 aliphatic rings. The first-order chi connectivity index (χ1) is 14.0. The average molecular weight is 421 g/mol. The van der Waals surface area contributed by atoms with E-state index in [0.717, 1.165) is 5.56 Å². The fourth-order valence-corrected chi connectivity index (χ4v) is 4.31. The molecule has 1 saturated heterocycles. The lowest BCUT2D eigenvalue weighted by atomic mass is 10.2. The van der Waals surface area contributed by atoms with Crippen LogP contribution < -0.4 is 5.32 Å². The van der Waals surface area contributed by atoms with E-state index in [2.05, 4.69) is 15.3 Å². The van der Waals surface area contributed by atoms with Crippen molar-refractivity contribution in [3.05, 3.63) is 48.4 Å². The number of alkyl carbamates (subject to hydrolysis) is 1. The van der Waals surface area contributed by atoms with E-state index in [1.165, 1.54) is 16.8 Å². The van der Waals surface area contributed by atoms with E-state index in [9.17, 15) is 18.0 Å². The largest absolute Gasteiger partial charge is 0.445 e. The average Bonchev–Trinajstić information content (AvgIpc) is 3.16. The van der Waals surface area contributed by atoms with Crippen molar-refractivity contribution >= 4 is 22.0 Å². The van der Waals surface area contributed by atoms with Gasteiger partial charge in [0.15, 0.2) is 5.03 Å². The second-order valence-electron chi connectivity index (χ2n) is 6.47. The van der Waals surface area contributed by atoms with Crippen LogP contribution in [0.1, 0.15) is 12.0 Å². The third-order valence-electron chi connectivity index (χ3n) is 4.50. The molecule has 1 aromatic heterocycles. The summed E-state index contributed by atoms with van der Waals surface area (Å²) in [5.74, 6) is -0.289. The van der Waals surface area contributed by atoms with Crippen LogP contribution in [-0.4, -0.2) is 72.3 Å². The predicted octanol–water partition coefficient (Wildman–Crippen LogP) is 0.559. The maximum atomic E-state index is 12.6. The number of nitrogens with zero attached hydrogens (tertiary/aromatic N) is 3. The molecule has 2 N–H and O–H groups in total. The molecule has 0 radical (unpaired) electrons. The lowest BCUT2D eigenvalue weighted by molar-refractivity contribution is -0.130. The van der Waals surface area contributed by atoms with Gasteiger partial charge in [0.25, 0.3) is 10.0 Å². The molecule has 29 heavy (non-hydrogen) atoms. The summed E-state index contributed by atoms with van der Waals surface area (Å²) in [6.07, 6.45) is 2.38. The zero-order valence-corrected chi connectivity index (χ0v) is 16.6. The number of H-pyrrole nitrogens is 1. The predicted molar refractivity (Wildman–Crippen MR) is 103 cm³/mol. The van der Waals surface area contributed by atoms with E-state index in [-0.39, 0.29) is 37.2 Å². The summed E-state index contributed by atoms with van der Waals surface area (Å²) in [7, 11) is -3.66. The number of rotatable bonds is 6. The summed E-state index contributed by atoms with van der Waals surface area (Å²) >= 11 is 0. The molecule has 3 rings (SSSR count). The Morgan fingerprint density at radius 1 is 1.14 bits per heavy atom. The van der Waals surface area contributed by atoms with Gasteiger partial charge in [0.1, 0.15) is 13.2 Å². The molecule has 0 atom stereocenters. The fourth-order valence-electron chi connectivity index (χ4n) is 2.94. The van der Waals surface area contributed by atoms with Crippen LogP contribution in [0.15, 0.2) is 47.9 Å². The molecule has 1 fully saturated rings. The van der Waals surface area contributed by atoms with Crippen LogP contribution in [0.3, 0.4) is 0 Å². The summed E-state index contributed by atoms with van der Waals surface area (Å²) in [6, 6.07) is 9.22. The zero-order chi connectivity index (χ0) is 20.7. The summed E-state index contributed by atoms with van der Waals surface area (Å²) in [4.78, 5) is 32.1. The molecule has 0 saturated carbocycles. The van der Waals surface area contributed by atoms with Crippen molar-refractivity contribution in [1.82, 2.24) is 24.5 Å². The van der Waals surface area contributed by atoms with Gasteiger partial charge in [-0.2, -0.15) is 4.31 Å². The minimum Gasteiger partial charge on any atom is -0.445 e. The van der Waals surface area contributed by atoms with Gasteiger partial charge < -0.3 is 19.9 Å². The molecule has 11 heteroatoms. The first-order valence-corrected chi connectivity index (χ1v) is 10.6. The second kappa shape index (κ2) is 9.52. The Morgan fingerprint density at radius 2 is 1.93 bits per heavy atom. The highest BCUT2D eigenvalue weighted by Crippen LogP contribution is 2.15. The highest BCUT2D eigenvalue weighted by atomic mass is 32.2. The van der Waals surface area contributed by atoms with Crippen molar-refractivity contribution < 1.29 is 22.7 Å². The maximum absolute atomic E-state index is 12.6. The number of carbonyl (C=O) groups is 2. The van der Waals surface area contributed by atoms with Gasteiger partial charge >= 0.3 is 6.09 Å². The molecule has 2 aromatic rings. The number of benzene rings is 1. The Hall–Kier alpha value is -2.92. The summed E-state index contributed by atoms with van der Waals surface area (Å²) in [6.45, 7) is 1.04. The van der Waals surface area contributed by atoms with E-state index in [0.29, 0.717) is 19.5 Å². The van der Waals surface area contributed by atoms with Crippen LogP contribution in [0.25, 0.3) is 0 Å². The Kier molecular flexibility index (Phi) is 6.83. The smallest absolute Gasteiger partial charge is 0.407 e.